The van der Waals surface area contributed by atoms with E-state index in [-0.39, 0.29) is 11.5 Å². The number of rotatable bonds is 4. The number of carbonyl (C=O) groups excluding carboxylic acids is 1. The second-order valence-electron chi connectivity index (χ2n) is 5.66. The van der Waals surface area contributed by atoms with E-state index in [0.29, 0.717) is 16.9 Å². The molecule has 4 nitrogen and oxygen atoms in total. The quantitative estimate of drug-likeness (QED) is 0.716. The number of hydrogen-bond acceptors (Lipinski definition) is 3. The van der Waals surface area contributed by atoms with Crippen molar-refractivity contribution >= 4 is 5.91 Å². The second-order valence-corrected chi connectivity index (χ2v) is 5.66. The fraction of sp³-hybridized carbons (Fsp3) is 0.158. The average Bonchev–Trinajstić information content (AvgIpc) is 3.03. The van der Waals surface area contributed by atoms with E-state index in [1.807, 2.05) is 0 Å². The molecule has 2 aromatic heterocycles. The highest BCUT2D eigenvalue weighted by atomic mass is 19.1. The molecule has 0 unspecified atom stereocenters. The molecule has 128 valence electrons. The van der Waals surface area contributed by atoms with Gasteiger partial charge in [0.25, 0.3) is 5.91 Å². The third kappa shape index (κ3) is 3.28. The molecule has 0 saturated carbocycles. The Labute approximate surface area is 143 Å². The van der Waals surface area contributed by atoms with E-state index in [1.54, 1.807) is 44.6 Å². The summed E-state index contributed by atoms with van der Waals surface area (Å²) >= 11 is 0. The Morgan fingerprint density at radius 3 is 2.64 bits per heavy atom. The molecular weight excluding hydrogens is 326 g/mol. The molecule has 2 heterocycles. The van der Waals surface area contributed by atoms with Crippen molar-refractivity contribution in [3.63, 3.8) is 0 Å². The number of aromatic nitrogens is 1. The van der Waals surface area contributed by atoms with Crippen molar-refractivity contribution < 1.29 is 18.0 Å². The maximum absolute atomic E-state index is 14.4. The van der Waals surface area contributed by atoms with Gasteiger partial charge in [0, 0.05) is 31.1 Å². The number of pyridine rings is 1. The molecular formula is C19H16F2N2O2. The Hall–Kier alpha value is -3.02. The van der Waals surface area contributed by atoms with Gasteiger partial charge in [0.2, 0.25) is 0 Å². The summed E-state index contributed by atoms with van der Waals surface area (Å²) < 4.78 is 32.9. The molecule has 0 saturated heterocycles. The molecule has 25 heavy (non-hydrogen) atoms. The summed E-state index contributed by atoms with van der Waals surface area (Å²) in [5.74, 6) is -1.26. The number of furan rings is 1. The molecule has 3 rings (SSSR count). The molecule has 1 atom stereocenters. The number of benzene rings is 1. The monoisotopic (exact) mass is 342 g/mol. The van der Waals surface area contributed by atoms with Gasteiger partial charge in [-0.1, -0.05) is 12.1 Å². The van der Waals surface area contributed by atoms with Crippen molar-refractivity contribution in [2.45, 2.75) is 13.0 Å². The van der Waals surface area contributed by atoms with Crippen LogP contribution >= 0.6 is 0 Å². The van der Waals surface area contributed by atoms with Crippen LogP contribution in [0.5, 0.6) is 0 Å². The smallest absolute Gasteiger partial charge is 0.257 e. The van der Waals surface area contributed by atoms with E-state index in [1.165, 1.54) is 23.3 Å². The summed E-state index contributed by atoms with van der Waals surface area (Å²) in [5.41, 5.74) is 1.19. The van der Waals surface area contributed by atoms with Crippen LogP contribution in [0.25, 0.3) is 0 Å². The van der Waals surface area contributed by atoms with Crippen LogP contribution in [0.2, 0.25) is 0 Å². The number of amides is 1. The first-order chi connectivity index (χ1) is 12.0. The zero-order valence-corrected chi connectivity index (χ0v) is 13.7. The predicted octanol–water partition coefficient (Wildman–Crippen LogP) is 4.12. The lowest BCUT2D eigenvalue weighted by atomic mass is 9.97. The van der Waals surface area contributed by atoms with Gasteiger partial charge in [-0.05, 0) is 30.7 Å². The van der Waals surface area contributed by atoms with E-state index in [0.717, 1.165) is 6.07 Å². The van der Waals surface area contributed by atoms with Crippen LogP contribution in [-0.4, -0.2) is 22.8 Å². The summed E-state index contributed by atoms with van der Waals surface area (Å²) in [5, 5.41) is 0. The van der Waals surface area contributed by atoms with E-state index >= 15 is 0 Å². The van der Waals surface area contributed by atoms with Crippen molar-refractivity contribution in [1.82, 2.24) is 9.88 Å². The zero-order chi connectivity index (χ0) is 18.0. The van der Waals surface area contributed by atoms with E-state index in [4.69, 9.17) is 4.42 Å². The van der Waals surface area contributed by atoms with Crippen molar-refractivity contribution in [3.8, 4) is 0 Å². The van der Waals surface area contributed by atoms with Crippen molar-refractivity contribution in [2.75, 3.05) is 7.05 Å². The first kappa shape index (κ1) is 16.8. The van der Waals surface area contributed by atoms with E-state index in [2.05, 4.69) is 4.98 Å². The van der Waals surface area contributed by atoms with Gasteiger partial charge in [0.15, 0.2) is 0 Å². The minimum atomic E-state index is -0.754. The molecule has 0 N–H and O–H groups in total. The van der Waals surface area contributed by atoms with Gasteiger partial charge in [-0.2, -0.15) is 0 Å². The van der Waals surface area contributed by atoms with Crippen molar-refractivity contribution in [1.29, 1.82) is 0 Å². The number of nitrogens with zero attached hydrogens (tertiary/aromatic N) is 2. The summed E-state index contributed by atoms with van der Waals surface area (Å²) in [6.45, 7) is 1.68. The molecule has 0 aliphatic heterocycles. The Morgan fingerprint density at radius 1 is 1.24 bits per heavy atom. The third-order valence-electron chi connectivity index (χ3n) is 4.05. The Kier molecular flexibility index (Phi) is 4.61. The molecule has 0 spiro atoms. The molecule has 0 aliphatic rings. The van der Waals surface area contributed by atoms with E-state index < -0.39 is 17.7 Å². The van der Waals surface area contributed by atoms with E-state index in [9.17, 15) is 13.6 Å². The van der Waals surface area contributed by atoms with Gasteiger partial charge in [0.05, 0.1) is 17.9 Å². The molecule has 0 radical (unpaired) electrons. The van der Waals surface area contributed by atoms with Gasteiger partial charge < -0.3 is 9.32 Å². The van der Waals surface area contributed by atoms with Crippen LogP contribution in [0.3, 0.4) is 0 Å². The van der Waals surface area contributed by atoms with Crippen molar-refractivity contribution in [2.24, 2.45) is 0 Å². The Morgan fingerprint density at radius 2 is 2.04 bits per heavy atom. The highest BCUT2D eigenvalue weighted by Gasteiger charge is 2.28. The third-order valence-corrected chi connectivity index (χ3v) is 4.05. The van der Waals surface area contributed by atoms with Crippen LogP contribution in [-0.2, 0) is 0 Å². The van der Waals surface area contributed by atoms with Gasteiger partial charge in [-0.3, -0.25) is 9.78 Å². The molecule has 1 aromatic carbocycles. The van der Waals surface area contributed by atoms with Crippen LogP contribution < -0.4 is 0 Å². The topological polar surface area (TPSA) is 46.3 Å². The lowest BCUT2D eigenvalue weighted by Gasteiger charge is -2.29. The summed E-state index contributed by atoms with van der Waals surface area (Å²) in [6, 6.07) is 7.57. The van der Waals surface area contributed by atoms with Gasteiger partial charge >= 0.3 is 0 Å². The van der Waals surface area contributed by atoms with Crippen LogP contribution in [0.15, 0.2) is 59.5 Å². The van der Waals surface area contributed by atoms with Gasteiger partial charge in [-0.25, -0.2) is 8.78 Å². The Bertz CT molecular complexity index is 893. The number of halogens is 2. The maximum Gasteiger partial charge on any atom is 0.257 e. The summed E-state index contributed by atoms with van der Waals surface area (Å²) in [7, 11) is 1.56. The first-order valence-electron chi connectivity index (χ1n) is 7.65. The first-order valence-corrected chi connectivity index (χ1v) is 7.65. The minimum Gasteiger partial charge on any atom is -0.469 e. The number of aryl methyl sites for hydroxylation is 1. The molecule has 0 aliphatic carbocycles. The molecule has 0 bridgehead atoms. The molecule has 1 amide bonds. The number of carbonyl (C=O) groups is 1. The molecule has 6 heteroatoms. The highest BCUT2D eigenvalue weighted by Crippen LogP contribution is 2.31. The fourth-order valence-corrected chi connectivity index (χ4v) is 2.79. The van der Waals surface area contributed by atoms with Gasteiger partial charge in [0.1, 0.15) is 17.4 Å². The van der Waals surface area contributed by atoms with Crippen LogP contribution in [0.1, 0.15) is 33.3 Å². The van der Waals surface area contributed by atoms with Crippen LogP contribution in [0.4, 0.5) is 8.78 Å². The largest absolute Gasteiger partial charge is 0.469 e. The molecule has 3 aromatic rings. The number of hydrogen-bond donors (Lipinski definition) is 0. The average molecular weight is 342 g/mol. The van der Waals surface area contributed by atoms with Gasteiger partial charge in [-0.15, -0.1) is 0 Å². The summed E-state index contributed by atoms with van der Waals surface area (Å²) in [6.07, 6.45) is 4.57. The predicted molar refractivity (Wildman–Crippen MR) is 88.0 cm³/mol. The normalized spacial score (nSPS) is 12.0. The van der Waals surface area contributed by atoms with Crippen LogP contribution in [0, 0.1) is 18.6 Å². The van der Waals surface area contributed by atoms with Crippen molar-refractivity contribution in [3.05, 3.63) is 89.1 Å². The second kappa shape index (κ2) is 6.84. The Balaban J connectivity index is 2.08. The fourth-order valence-electron chi connectivity index (χ4n) is 2.79. The minimum absolute atomic E-state index is 0.186. The highest BCUT2D eigenvalue weighted by molar-refractivity contribution is 5.95. The standard InChI is InChI=1S/C19H16F2N2O2/c1-12-15(7-9-25-12)19(24)23(2)18(13-4-3-8-22-11-13)16-6-5-14(20)10-17(16)21/h3-11,18H,1-2H3/t18-/m1/s1. The molecule has 0 fully saturated rings. The lowest BCUT2D eigenvalue weighted by Crippen LogP contribution is -2.32. The zero-order valence-electron chi connectivity index (χ0n) is 13.7. The maximum atomic E-state index is 14.4. The summed E-state index contributed by atoms with van der Waals surface area (Å²) in [4.78, 5) is 18.3. The lowest BCUT2D eigenvalue weighted by molar-refractivity contribution is 0.0751. The SMILES string of the molecule is Cc1occc1C(=O)N(C)[C@H](c1cccnc1)c1ccc(F)cc1F.